The van der Waals surface area contributed by atoms with Gasteiger partial charge in [0.2, 0.25) is 11.8 Å². The summed E-state index contributed by atoms with van der Waals surface area (Å²) in [5, 5.41) is 2.75. The molecule has 0 atom stereocenters. The van der Waals surface area contributed by atoms with E-state index in [1.165, 1.54) is 6.92 Å². The molecule has 1 N–H and O–H groups in total. The molecule has 7 heteroatoms. The van der Waals surface area contributed by atoms with Gasteiger partial charge in [0.25, 0.3) is 5.91 Å². The van der Waals surface area contributed by atoms with Crippen molar-refractivity contribution in [3.05, 3.63) is 34.3 Å². The number of nitrogens with one attached hydrogen (secondary N) is 1. The Morgan fingerprint density at radius 1 is 1.04 bits per heavy atom. The van der Waals surface area contributed by atoms with Crippen molar-refractivity contribution in [1.29, 1.82) is 0 Å². The molecule has 1 aliphatic heterocycles. The Labute approximate surface area is 143 Å². The lowest BCUT2D eigenvalue weighted by Gasteiger charge is -2.34. The molecular formula is C16H20BrN3O3. The molecule has 1 aromatic carbocycles. The molecule has 0 radical (unpaired) electrons. The second-order valence-electron chi connectivity index (χ2n) is 5.40. The van der Waals surface area contributed by atoms with E-state index < -0.39 is 0 Å². The molecule has 1 heterocycles. The van der Waals surface area contributed by atoms with E-state index in [4.69, 9.17) is 0 Å². The molecule has 1 saturated heterocycles. The van der Waals surface area contributed by atoms with Crippen molar-refractivity contribution in [3.8, 4) is 0 Å². The smallest absolute Gasteiger partial charge is 0.251 e. The van der Waals surface area contributed by atoms with Gasteiger partial charge in [-0.3, -0.25) is 14.4 Å². The quantitative estimate of drug-likeness (QED) is 0.853. The van der Waals surface area contributed by atoms with Crippen LogP contribution in [-0.2, 0) is 9.59 Å². The SMILES string of the molecule is CC(=O)N1CCN(C(=O)CCNC(=O)c2ccc(Br)cc2)CC1. The van der Waals surface area contributed by atoms with E-state index in [0.717, 1.165) is 4.47 Å². The first kappa shape index (κ1) is 17.5. The molecule has 0 aromatic heterocycles. The standard InChI is InChI=1S/C16H20BrN3O3/c1-12(21)19-8-10-20(11-9-19)15(22)6-7-18-16(23)13-2-4-14(17)5-3-13/h2-5H,6-11H2,1H3,(H,18,23). The first-order valence-corrected chi connectivity index (χ1v) is 8.33. The van der Waals surface area contributed by atoms with Crippen molar-refractivity contribution in [2.45, 2.75) is 13.3 Å². The maximum Gasteiger partial charge on any atom is 0.251 e. The molecule has 0 aliphatic carbocycles. The van der Waals surface area contributed by atoms with Gasteiger partial charge < -0.3 is 15.1 Å². The van der Waals surface area contributed by atoms with Crippen LogP contribution in [0.5, 0.6) is 0 Å². The van der Waals surface area contributed by atoms with Crippen LogP contribution in [0.2, 0.25) is 0 Å². The van der Waals surface area contributed by atoms with Crippen molar-refractivity contribution in [3.63, 3.8) is 0 Å². The van der Waals surface area contributed by atoms with E-state index in [9.17, 15) is 14.4 Å². The highest BCUT2D eigenvalue weighted by atomic mass is 79.9. The van der Waals surface area contributed by atoms with E-state index in [-0.39, 0.29) is 24.1 Å². The van der Waals surface area contributed by atoms with Gasteiger partial charge in [-0.1, -0.05) is 15.9 Å². The molecule has 3 amide bonds. The zero-order valence-corrected chi connectivity index (χ0v) is 14.6. The summed E-state index contributed by atoms with van der Waals surface area (Å²) in [6, 6.07) is 7.05. The number of hydrogen-bond acceptors (Lipinski definition) is 3. The Bertz CT molecular complexity index is 581. The fraction of sp³-hybridized carbons (Fsp3) is 0.438. The first-order valence-electron chi connectivity index (χ1n) is 7.54. The molecule has 0 unspecified atom stereocenters. The summed E-state index contributed by atoms with van der Waals surface area (Å²) in [4.78, 5) is 38.8. The summed E-state index contributed by atoms with van der Waals surface area (Å²) in [6.45, 7) is 4.10. The molecule has 1 aromatic rings. The van der Waals surface area contributed by atoms with Crippen LogP contribution in [0.25, 0.3) is 0 Å². The number of nitrogens with zero attached hydrogens (tertiary/aromatic N) is 2. The van der Waals surface area contributed by atoms with Gasteiger partial charge in [0, 0.05) is 56.1 Å². The van der Waals surface area contributed by atoms with E-state index in [1.54, 1.807) is 34.1 Å². The molecular weight excluding hydrogens is 362 g/mol. The first-order chi connectivity index (χ1) is 11.0. The van der Waals surface area contributed by atoms with Gasteiger partial charge in [-0.15, -0.1) is 0 Å². The molecule has 1 fully saturated rings. The summed E-state index contributed by atoms with van der Waals surface area (Å²) in [5.41, 5.74) is 0.565. The minimum absolute atomic E-state index is 0.00399. The van der Waals surface area contributed by atoms with E-state index >= 15 is 0 Å². The van der Waals surface area contributed by atoms with Crippen LogP contribution in [0.3, 0.4) is 0 Å². The third-order valence-electron chi connectivity index (χ3n) is 3.81. The Kier molecular flexibility index (Phi) is 6.15. The molecule has 1 aliphatic rings. The zero-order chi connectivity index (χ0) is 16.8. The Morgan fingerprint density at radius 2 is 1.61 bits per heavy atom. The molecule has 0 bridgehead atoms. The van der Waals surface area contributed by atoms with Gasteiger partial charge >= 0.3 is 0 Å². The number of benzene rings is 1. The molecule has 23 heavy (non-hydrogen) atoms. The van der Waals surface area contributed by atoms with E-state index in [0.29, 0.717) is 38.3 Å². The number of hydrogen-bond donors (Lipinski definition) is 1. The van der Waals surface area contributed by atoms with E-state index in [1.807, 2.05) is 0 Å². The van der Waals surface area contributed by atoms with Gasteiger partial charge in [-0.2, -0.15) is 0 Å². The summed E-state index contributed by atoms with van der Waals surface area (Å²) >= 11 is 3.32. The molecule has 0 saturated carbocycles. The zero-order valence-electron chi connectivity index (χ0n) is 13.0. The van der Waals surface area contributed by atoms with Crippen LogP contribution in [0, 0.1) is 0 Å². The number of halogens is 1. The van der Waals surface area contributed by atoms with Gasteiger partial charge in [0.1, 0.15) is 0 Å². The van der Waals surface area contributed by atoms with Crippen LogP contribution in [-0.4, -0.2) is 60.2 Å². The lowest BCUT2D eigenvalue weighted by Crippen LogP contribution is -2.50. The summed E-state index contributed by atoms with van der Waals surface area (Å²) in [5.74, 6) is -0.144. The van der Waals surface area contributed by atoms with Crippen LogP contribution in [0.4, 0.5) is 0 Å². The number of piperazine rings is 1. The van der Waals surface area contributed by atoms with Crippen molar-refractivity contribution in [1.82, 2.24) is 15.1 Å². The van der Waals surface area contributed by atoms with E-state index in [2.05, 4.69) is 21.2 Å². The molecule has 2 rings (SSSR count). The van der Waals surface area contributed by atoms with Crippen molar-refractivity contribution < 1.29 is 14.4 Å². The van der Waals surface area contributed by atoms with Crippen LogP contribution < -0.4 is 5.32 Å². The van der Waals surface area contributed by atoms with Crippen molar-refractivity contribution >= 4 is 33.7 Å². The topological polar surface area (TPSA) is 69.7 Å². The fourth-order valence-corrected chi connectivity index (χ4v) is 2.68. The minimum Gasteiger partial charge on any atom is -0.352 e. The normalized spacial score (nSPS) is 14.5. The predicted octanol–water partition coefficient (Wildman–Crippen LogP) is 1.26. The highest BCUT2D eigenvalue weighted by molar-refractivity contribution is 9.10. The van der Waals surface area contributed by atoms with Crippen molar-refractivity contribution in [2.24, 2.45) is 0 Å². The summed E-state index contributed by atoms with van der Waals surface area (Å²) in [6.07, 6.45) is 0.266. The predicted molar refractivity (Wildman–Crippen MR) is 89.9 cm³/mol. The number of rotatable bonds is 4. The monoisotopic (exact) mass is 381 g/mol. The lowest BCUT2D eigenvalue weighted by molar-refractivity contribution is -0.138. The van der Waals surface area contributed by atoms with Crippen LogP contribution >= 0.6 is 15.9 Å². The van der Waals surface area contributed by atoms with Crippen LogP contribution in [0.15, 0.2) is 28.7 Å². The largest absolute Gasteiger partial charge is 0.352 e. The van der Waals surface area contributed by atoms with Gasteiger partial charge in [-0.05, 0) is 24.3 Å². The molecule has 124 valence electrons. The Balaban J connectivity index is 1.72. The average molecular weight is 382 g/mol. The average Bonchev–Trinajstić information content (AvgIpc) is 2.55. The third-order valence-corrected chi connectivity index (χ3v) is 4.34. The number of carbonyl (C=O) groups is 3. The number of carbonyl (C=O) groups excluding carboxylic acids is 3. The van der Waals surface area contributed by atoms with Crippen LogP contribution in [0.1, 0.15) is 23.7 Å². The van der Waals surface area contributed by atoms with Gasteiger partial charge in [-0.25, -0.2) is 0 Å². The van der Waals surface area contributed by atoms with Gasteiger partial charge in [0.15, 0.2) is 0 Å². The fourth-order valence-electron chi connectivity index (χ4n) is 2.42. The maximum absolute atomic E-state index is 12.1. The summed E-state index contributed by atoms with van der Waals surface area (Å²) < 4.78 is 0.911. The Hall–Kier alpha value is -1.89. The van der Waals surface area contributed by atoms with Crippen molar-refractivity contribution in [2.75, 3.05) is 32.7 Å². The second-order valence-corrected chi connectivity index (χ2v) is 6.32. The molecule has 0 spiro atoms. The number of amides is 3. The highest BCUT2D eigenvalue weighted by Crippen LogP contribution is 2.10. The Morgan fingerprint density at radius 3 is 2.17 bits per heavy atom. The third kappa shape index (κ3) is 5.06. The molecule has 6 nitrogen and oxygen atoms in total. The second kappa shape index (κ2) is 8.10. The van der Waals surface area contributed by atoms with Gasteiger partial charge in [0.05, 0.1) is 0 Å². The minimum atomic E-state index is -0.188. The highest BCUT2D eigenvalue weighted by Gasteiger charge is 2.21. The summed E-state index contributed by atoms with van der Waals surface area (Å²) in [7, 11) is 0. The maximum atomic E-state index is 12.1. The lowest BCUT2D eigenvalue weighted by atomic mass is 10.2.